The number of nitro benzene ring substituents is 1. The zero-order chi connectivity index (χ0) is 18.3. The standard InChI is InChI=1S/C19H17N3O3S/c1-12-13(6-4-8-15(12)22(24)25)19(23)21-11-5-9-16(21)18-20-14-7-2-3-10-17(14)26-18/h2-4,6-8,10,16H,5,9,11H2,1H3. The van der Waals surface area contributed by atoms with E-state index in [9.17, 15) is 14.9 Å². The summed E-state index contributed by atoms with van der Waals surface area (Å²) in [5, 5.41) is 12.1. The summed E-state index contributed by atoms with van der Waals surface area (Å²) in [5.41, 5.74) is 1.73. The molecule has 0 N–H and O–H groups in total. The number of likely N-dealkylation sites (tertiary alicyclic amines) is 1. The van der Waals surface area contributed by atoms with Gasteiger partial charge in [0.25, 0.3) is 11.6 Å². The van der Waals surface area contributed by atoms with Gasteiger partial charge in [-0.15, -0.1) is 11.3 Å². The Morgan fingerprint density at radius 1 is 1.27 bits per heavy atom. The van der Waals surface area contributed by atoms with Crippen molar-refractivity contribution in [2.45, 2.75) is 25.8 Å². The minimum Gasteiger partial charge on any atom is -0.329 e. The molecule has 1 aromatic heterocycles. The Kier molecular flexibility index (Phi) is 4.16. The Labute approximate surface area is 154 Å². The lowest BCUT2D eigenvalue weighted by molar-refractivity contribution is -0.385. The number of nitro groups is 1. The maximum Gasteiger partial charge on any atom is 0.273 e. The molecule has 1 aliphatic rings. The summed E-state index contributed by atoms with van der Waals surface area (Å²) >= 11 is 1.61. The maximum atomic E-state index is 13.1. The van der Waals surface area contributed by atoms with Crippen molar-refractivity contribution in [1.29, 1.82) is 0 Å². The summed E-state index contributed by atoms with van der Waals surface area (Å²) in [6, 6.07) is 12.5. The smallest absolute Gasteiger partial charge is 0.273 e. The number of carbonyl (C=O) groups is 1. The van der Waals surface area contributed by atoms with Gasteiger partial charge in [-0.1, -0.05) is 18.2 Å². The molecule has 2 aromatic carbocycles. The zero-order valence-electron chi connectivity index (χ0n) is 14.2. The van der Waals surface area contributed by atoms with E-state index >= 15 is 0 Å². The van der Waals surface area contributed by atoms with Crippen molar-refractivity contribution in [3.63, 3.8) is 0 Å². The molecule has 1 saturated heterocycles. The molecule has 132 valence electrons. The van der Waals surface area contributed by atoms with Gasteiger partial charge < -0.3 is 4.90 Å². The fraction of sp³-hybridized carbons (Fsp3) is 0.263. The van der Waals surface area contributed by atoms with E-state index in [4.69, 9.17) is 4.98 Å². The van der Waals surface area contributed by atoms with Crippen LogP contribution in [0.2, 0.25) is 0 Å². The van der Waals surface area contributed by atoms with Crippen LogP contribution in [-0.2, 0) is 0 Å². The van der Waals surface area contributed by atoms with E-state index in [2.05, 4.69) is 0 Å². The van der Waals surface area contributed by atoms with Gasteiger partial charge in [0.1, 0.15) is 5.01 Å². The van der Waals surface area contributed by atoms with E-state index in [-0.39, 0.29) is 17.6 Å². The Morgan fingerprint density at radius 2 is 2.08 bits per heavy atom. The number of hydrogen-bond acceptors (Lipinski definition) is 5. The van der Waals surface area contributed by atoms with Crippen molar-refractivity contribution < 1.29 is 9.72 Å². The second-order valence-electron chi connectivity index (χ2n) is 6.38. The molecule has 0 radical (unpaired) electrons. The van der Waals surface area contributed by atoms with Gasteiger partial charge in [0.2, 0.25) is 0 Å². The van der Waals surface area contributed by atoms with Crippen molar-refractivity contribution in [1.82, 2.24) is 9.88 Å². The predicted octanol–water partition coefficient (Wildman–Crippen LogP) is 4.49. The second kappa shape index (κ2) is 6.49. The molecule has 0 bridgehead atoms. The molecule has 1 aliphatic heterocycles. The van der Waals surface area contributed by atoms with Crippen molar-refractivity contribution in [2.75, 3.05) is 6.54 Å². The number of rotatable bonds is 3. The van der Waals surface area contributed by atoms with Crippen LogP contribution in [0.4, 0.5) is 5.69 Å². The first-order valence-electron chi connectivity index (χ1n) is 8.46. The Morgan fingerprint density at radius 3 is 2.85 bits per heavy atom. The third-order valence-electron chi connectivity index (χ3n) is 4.84. The molecule has 26 heavy (non-hydrogen) atoms. The summed E-state index contributed by atoms with van der Waals surface area (Å²) < 4.78 is 1.10. The first-order chi connectivity index (χ1) is 12.6. The minimum absolute atomic E-state index is 0.0217. The molecule has 6 nitrogen and oxygen atoms in total. The molecule has 3 aromatic rings. The lowest BCUT2D eigenvalue weighted by Crippen LogP contribution is -2.31. The lowest BCUT2D eigenvalue weighted by atomic mass is 10.1. The van der Waals surface area contributed by atoms with Crippen LogP contribution < -0.4 is 0 Å². The summed E-state index contributed by atoms with van der Waals surface area (Å²) in [4.78, 5) is 30.4. The van der Waals surface area contributed by atoms with Crippen LogP contribution in [0.25, 0.3) is 10.2 Å². The lowest BCUT2D eigenvalue weighted by Gasteiger charge is -2.23. The van der Waals surface area contributed by atoms with Crippen molar-refractivity contribution in [3.05, 3.63) is 68.7 Å². The van der Waals surface area contributed by atoms with Crippen LogP contribution >= 0.6 is 11.3 Å². The normalized spacial score (nSPS) is 17.0. The minimum atomic E-state index is -0.443. The van der Waals surface area contributed by atoms with Crippen LogP contribution in [0.5, 0.6) is 0 Å². The van der Waals surface area contributed by atoms with Gasteiger partial charge in [-0.3, -0.25) is 14.9 Å². The number of amides is 1. The third-order valence-corrected chi connectivity index (χ3v) is 5.98. The molecule has 1 amide bonds. The average molecular weight is 367 g/mol. The molecular weight excluding hydrogens is 350 g/mol. The fourth-order valence-corrected chi connectivity index (χ4v) is 4.62. The van der Waals surface area contributed by atoms with Crippen LogP contribution in [-0.4, -0.2) is 27.3 Å². The van der Waals surface area contributed by atoms with Gasteiger partial charge in [-0.05, 0) is 38.0 Å². The zero-order valence-corrected chi connectivity index (χ0v) is 15.0. The Balaban J connectivity index is 1.69. The Hall–Kier alpha value is -2.80. The molecular formula is C19H17N3O3S. The van der Waals surface area contributed by atoms with Gasteiger partial charge in [0, 0.05) is 23.7 Å². The van der Waals surface area contributed by atoms with Crippen molar-refractivity contribution >= 4 is 33.1 Å². The molecule has 0 spiro atoms. The summed E-state index contributed by atoms with van der Waals surface area (Å²) in [6.07, 6.45) is 1.76. The molecule has 1 atom stereocenters. The number of thiazole rings is 1. The fourth-order valence-electron chi connectivity index (χ4n) is 3.51. The summed E-state index contributed by atoms with van der Waals surface area (Å²) in [5.74, 6) is -0.159. The third kappa shape index (κ3) is 2.74. The van der Waals surface area contributed by atoms with Gasteiger partial charge in [0.15, 0.2) is 0 Å². The first kappa shape index (κ1) is 16.7. The van der Waals surface area contributed by atoms with Crippen molar-refractivity contribution in [3.8, 4) is 0 Å². The highest BCUT2D eigenvalue weighted by molar-refractivity contribution is 7.18. The highest BCUT2D eigenvalue weighted by Gasteiger charge is 2.34. The second-order valence-corrected chi connectivity index (χ2v) is 7.45. The van der Waals surface area contributed by atoms with Crippen LogP contribution in [0.3, 0.4) is 0 Å². The molecule has 0 saturated carbocycles. The molecule has 1 unspecified atom stereocenters. The number of benzene rings is 2. The first-order valence-corrected chi connectivity index (χ1v) is 9.28. The number of aromatic nitrogens is 1. The average Bonchev–Trinajstić information content (AvgIpc) is 3.27. The van der Waals surface area contributed by atoms with E-state index in [1.54, 1.807) is 30.4 Å². The predicted molar refractivity (Wildman–Crippen MR) is 100 cm³/mol. The van der Waals surface area contributed by atoms with E-state index in [1.165, 1.54) is 6.07 Å². The van der Waals surface area contributed by atoms with Crippen LogP contribution in [0.15, 0.2) is 42.5 Å². The van der Waals surface area contributed by atoms with Crippen LogP contribution in [0.1, 0.15) is 39.8 Å². The van der Waals surface area contributed by atoms with E-state index in [0.29, 0.717) is 17.7 Å². The molecule has 0 aliphatic carbocycles. The monoisotopic (exact) mass is 367 g/mol. The highest BCUT2D eigenvalue weighted by atomic mass is 32.1. The maximum absolute atomic E-state index is 13.1. The molecule has 2 heterocycles. The van der Waals surface area contributed by atoms with E-state index in [1.807, 2.05) is 29.2 Å². The van der Waals surface area contributed by atoms with Gasteiger partial charge in [0.05, 0.1) is 21.2 Å². The number of fused-ring (bicyclic) bond motifs is 1. The topological polar surface area (TPSA) is 76.3 Å². The van der Waals surface area contributed by atoms with E-state index < -0.39 is 4.92 Å². The highest BCUT2D eigenvalue weighted by Crippen LogP contribution is 2.37. The van der Waals surface area contributed by atoms with Gasteiger partial charge in [-0.2, -0.15) is 0 Å². The van der Waals surface area contributed by atoms with Gasteiger partial charge in [-0.25, -0.2) is 4.98 Å². The molecule has 7 heteroatoms. The van der Waals surface area contributed by atoms with Crippen molar-refractivity contribution in [2.24, 2.45) is 0 Å². The number of nitrogens with zero attached hydrogens (tertiary/aromatic N) is 3. The molecule has 4 rings (SSSR count). The SMILES string of the molecule is Cc1c(C(=O)N2CCCC2c2nc3ccccc3s2)cccc1[N+](=O)[O-]. The summed E-state index contributed by atoms with van der Waals surface area (Å²) in [6.45, 7) is 2.27. The van der Waals surface area contributed by atoms with Crippen LogP contribution in [0, 0.1) is 17.0 Å². The quantitative estimate of drug-likeness (QED) is 0.505. The van der Waals surface area contributed by atoms with E-state index in [0.717, 1.165) is 28.1 Å². The number of hydrogen-bond donors (Lipinski definition) is 0. The molecule has 1 fully saturated rings. The Bertz CT molecular complexity index is 981. The largest absolute Gasteiger partial charge is 0.329 e. The number of carbonyl (C=O) groups excluding carboxylic acids is 1. The number of para-hydroxylation sites is 1. The van der Waals surface area contributed by atoms with Gasteiger partial charge >= 0.3 is 0 Å². The summed E-state index contributed by atoms with van der Waals surface area (Å²) in [7, 11) is 0.